The second-order valence-corrected chi connectivity index (χ2v) is 23.5. The van der Waals surface area contributed by atoms with Crippen LogP contribution < -0.4 is 31.9 Å². The van der Waals surface area contributed by atoms with Gasteiger partial charge < -0.3 is 46.6 Å². The van der Waals surface area contributed by atoms with Crippen molar-refractivity contribution in [2.24, 2.45) is 10.8 Å². The molecule has 78 heavy (non-hydrogen) atoms. The van der Waals surface area contributed by atoms with E-state index in [1.54, 1.807) is 62.9 Å². The molecule has 7 rings (SSSR count). The highest BCUT2D eigenvalue weighted by Gasteiger charge is 2.47. The van der Waals surface area contributed by atoms with E-state index >= 15 is 9.18 Å². The fourth-order valence-electron chi connectivity index (χ4n) is 10.9. The summed E-state index contributed by atoms with van der Waals surface area (Å²) >= 11 is 0. The smallest absolute Gasteiger partial charge is 0.254 e. The first-order valence-corrected chi connectivity index (χ1v) is 27.4. The quantitative estimate of drug-likeness (QED) is 0.0718. The van der Waals surface area contributed by atoms with Crippen molar-refractivity contribution in [3.05, 3.63) is 142 Å². The van der Waals surface area contributed by atoms with E-state index in [9.17, 15) is 28.8 Å². The number of hydrogen-bond donors (Lipinski definition) is 6. The summed E-state index contributed by atoms with van der Waals surface area (Å²) in [5.41, 5.74) is 3.41. The zero-order valence-corrected chi connectivity index (χ0v) is 47.2. The summed E-state index contributed by atoms with van der Waals surface area (Å²) in [7, 11) is 3.33. The van der Waals surface area contributed by atoms with Crippen molar-refractivity contribution in [1.29, 1.82) is 0 Å². The van der Waals surface area contributed by atoms with Gasteiger partial charge in [-0.25, -0.2) is 4.39 Å². The van der Waals surface area contributed by atoms with Gasteiger partial charge in [0.2, 0.25) is 29.5 Å². The lowest BCUT2D eigenvalue weighted by Crippen LogP contribution is -2.61. The fourth-order valence-corrected chi connectivity index (χ4v) is 10.9. The Kier molecular flexibility index (Phi) is 18.6. The molecule has 0 bridgehead atoms. The maximum Gasteiger partial charge on any atom is 0.254 e. The van der Waals surface area contributed by atoms with Crippen LogP contribution in [0.15, 0.2) is 97.1 Å². The SMILES string of the molecule is CN[C@@H](C)C(=O)NC(C(=O)N1Cc2ccccc2C[C@H]1CN(C(=O)c1ccc(C(=O)N[C@H]2C[C@@H](C(=O)NC3CCCc4ccccc43)N(C(=O)[C@@H](NC(=O)[C@H](C)NC)C(C)(C)C)C2)cc1)[C@H](C)c1ccccc1F)C(C)(C)C. The highest BCUT2D eigenvalue weighted by atomic mass is 19.1. The van der Waals surface area contributed by atoms with Gasteiger partial charge in [-0.2, -0.15) is 0 Å². The van der Waals surface area contributed by atoms with Crippen LogP contribution in [-0.2, 0) is 43.4 Å². The number of rotatable bonds is 17. The highest BCUT2D eigenvalue weighted by molar-refractivity contribution is 5.99. The summed E-state index contributed by atoms with van der Waals surface area (Å²) in [5.74, 6) is -3.26. The van der Waals surface area contributed by atoms with E-state index in [2.05, 4.69) is 38.0 Å². The second kappa shape index (κ2) is 24.8. The van der Waals surface area contributed by atoms with E-state index < -0.39 is 82.7 Å². The molecule has 1 aliphatic carbocycles. The van der Waals surface area contributed by atoms with Crippen molar-refractivity contribution in [2.75, 3.05) is 27.2 Å². The number of halogens is 1. The van der Waals surface area contributed by atoms with Gasteiger partial charge in [-0.3, -0.25) is 33.6 Å². The van der Waals surface area contributed by atoms with Crippen LogP contribution in [0.25, 0.3) is 0 Å². The Morgan fingerprint density at radius 2 is 1.21 bits per heavy atom. The lowest BCUT2D eigenvalue weighted by Gasteiger charge is -2.44. The van der Waals surface area contributed by atoms with Crippen molar-refractivity contribution < 1.29 is 38.0 Å². The van der Waals surface area contributed by atoms with Crippen molar-refractivity contribution in [3.8, 4) is 0 Å². The maximum atomic E-state index is 15.7. The predicted octanol–water partition coefficient (Wildman–Crippen LogP) is 6.15. The Hall–Kier alpha value is -6.98. The number of likely N-dealkylation sites (tertiary alicyclic amines) is 1. The highest BCUT2D eigenvalue weighted by Crippen LogP contribution is 2.34. The van der Waals surface area contributed by atoms with Crippen LogP contribution >= 0.6 is 0 Å². The van der Waals surface area contributed by atoms with Crippen molar-refractivity contribution in [1.82, 2.24) is 46.6 Å². The van der Waals surface area contributed by atoms with Crippen LogP contribution in [-0.4, -0.2) is 126 Å². The molecule has 4 aromatic carbocycles. The first-order chi connectivity index (χ1) is 36.9. The van der Waals surface area contributed by atoms with E-state index in [-0.39, 0.29) is 72.4 Å². The van der Waals surface area contributed by atoms with Crippen LogP contribution in [0.5, 0.6) is 0 Å². The van der Waals surface area contributed by atoms with E-state index in [0.29, 0.717) is 6.42 Å². The van der Waals surface area contributed by atoms with E-state index in [1.807, 2.05) is 84.0 Å². The minimum Gasteiger partial charge on any atom is -0.347 e. The first kappa shape index (κ1) is 58.7. The molecule has 7 amide bonds. The molecular formula is C61H80FN9O7. The number of amides is 7. The summed E-state index contributed by atoms with van der Waals surface area (Å²) in [4.78, 5) is 105. The summed E-state index contributed by atoms with van der Waals surface area (Å²) < 4.78 is 15.7. The van der Waals surface area contributed by atoms with E-state index in [0.717, 1.165) is 41.5 Å². The molecule has 3 aliphatic rings. The largest absolute Gasteiger partial charge is 0.347 e. The molecule has 418 valence electrons. The molecule has 2 unspecified atom stereocenters. The zero-order valence-electron chi connectivity index (χ0n) is 47.2. The Morgan fingerprint density at radius 1 is 0.667 bits per heavy atom. The minimum atomic E-state index is -0.996. The van der Waals surface area contributed by atoms with Gasteiger partial charge in [0.25, 0.3) is 11.8 Å². The van der Waals surface area contributed by atoms with Gasteiger partial charge >= 0.3 is 0 Å². The molecule has 2 heterocycles. The molecule has 0 spiro atoms. The summed E-state index contributed by atoms with van der Waals surface area (Å²) in [6, 6.07) is 21.8. The number of fused-ring (bicyclic) bond motifs is 2. The van der Waals surface area contributed by atoms with Crippen LogP contribution in [0, 0.1) is 16.6 Å². The van der Waals surface area contributed by atoms with Gasteiger partial charge in [-0.1, -0.05) is 108 Å². The van der Waals surface area contributed by atoms with Crippen molar-refractivity contribution >= 4 is 41.4 Å². The predicted molar refractivity (Wildman–Crippen MR) is 298 cm³/mol. The lowest BCUT2D eigenvalue weighted by molar-refractivity contribution is -0.144. The molecule has 0 saturated carbocycles. The third kappa shape index (κ3) is 13.5. The summed E-state index contributed by atoms with van der Waals surface area (Å²) in [5, 5.41) is 18.0. The van der Waals surface area contributed by atoms with Crippen molar-refractivity contribution in [3.63, 3.8) is 0 Å². The fraction of sp³-hybridized carbons (Fsp3) is 0.492. The number of nitrogens with one attached hydrogen (secondary N) is 6. The van der Waals surface area contributed by atoms with Gasteiger partial charge in [0.1, 0.15) is 23.9 Å². The van der Waals surface area contributed by atoms with Crippen molar-refractivity contribution in [2.45, 2.75) is 155 Å². The maximum absolute atomic E-state index is 15.7. The van der Waals surface area contributed by atoms with Gasteiger partial charge in [-0.15, -0.1) is 0 Å². The van der Waals surface area contributed by atoms with E-state index in [1.165, 1.54) is 35.2 Å². The molecule has 0 aromatic heterocycles. The average molecular weight is 1070 g/mol. The molecule has 17 heteroatoms. The third-order valence-electron chi connectivity index (χ3n) is 15.9. The molecular weight excluding hydrogens is 990 g/mol. The number of nitrogens with zero attached hydrogens (tertiary/aromatic N) is 3. The summed E-state index contributed by atoms with van der Waals surface area (Å²) in [6.07, 6.45) is 3.01. The topological polar surface area (TPSA) is 201 Å². The van der Waals surface area contributed by atoms with Crippen LogP contribution in [0.2, 0.25) is 0 Å². The average Bonchev–Trinajstić information content (AvgIpc) is 3.94. The number of carbonyl (C=O) groups excluding carboxylic acids is 7. The summed E-state index contributed by atoms with van der Waals surface area (Å²) in [6.45, 7) is 16.6. The van der Waals surface area contributed by atoms with Gasteiger partial charge in [0.15, 0.2) is 0 Å². The molecule has 16 nitrogen and oxygen atoms in total. The number of benzene rings is 4. The van der Waals surface area contributed by atoms with Crippen LogP contribution in [0.3, 0.4) is 0 Å². The monoisotopic (exact) mass is 1070 g/mol. The number of carbonyl (C=O) groups is 7. The zero-order chi connectivity index (χ0) is 56.8. The number of hydrogen-bond acceptors (Lipinski definition) is 9. The van der Waals surface area contributed by atoms with Crippen LogP contribution in [0.1, 0.15) is 142 Å². The van der Waals surface area contributed by atoms with Crippen LogP contribution in [0.4, 0.5) is 4.39 Å². The Labute approximate surface area is 459 Å². The van der Waals surface area contributed by atoms with Gasteiger partial charge in [-0.05, 0) is 130 Å². The number of aryl methyl sites for hydroxylation is 1. The molecule has 1 fully saturated rings. The third-order valence-corrected chi connectivity index (χ3v) is 15.9. The van der Waals surface area contributed by atoms with Gasteiger partial charge in [0, 0.05) is 42.4 Å². The minimum absolute atomic E-state index is 0.00153. The molecule has 2 aliphatic heterocycles. The Bertz CT molecular complexity index is 2850. The number of likely N-dealkylation sites (N-methyl/N-ethyl adjacent to an activating group) is 2. The molecule has 4 aromatic rings. The molecule has 9 atom stereocenters. The van der Waals surface area contributed by atoms with Gasteiger partial charge in [0.05, 0.1) is 30.2 Å². The standard InChI is InChI=1S/C61H80FN9O7/c1-36(63-10)53(72)67-51(60(4,5)6)58(77)70-33-43-21-13-12-20-42(43)31-45(70)35-69(38(3)46-23-16-17-25-48(46)62)57(76)41-29-27-40(28-30-41)55(74)65-44-32-50(56(75)66-49-26-18-22-39-19-14-15-24-47(39)49)71(34-44)59(78)52(61(7,8)9)68-54(73)37(2)64-11/h12-17,19-21,23-25,27-30,36-38,44-45,49-52,63-64H,18,22,26,31-35H2,1-11H3,(H,65,74)(H,66,75)(H,67,72)(H,68,73)/t36-,37-,38+,44-,45-,49?,50-,51?,52+/m0/s1. The second-order valence-electron chi connectivity index (χ2n) is 23.5. The molecule has 0 radical (unpaired) electrons. The normalized spacial score (nSPS) is 20.2. The Balaban J connectivity index is 1.15. The Morgan fingerprint density at radius 3 is 1.79 bits per heavy atom. The van der Waals surface area contributed by atoms with E-state index in [4.69, 9.17) is 0 Å². The first-order valence-electron chi connectivity index (χ1n) is 27.4. The lowest BCUT2D eigenvalue weighted by atomic mass is 9.84. The molecule has 1 saturated heterocycles. The molecule has 6 N–H and O–H groups in total.